The smallest absolute Gasteiger partial charge is 0.221 e. The van der Waals surface area contributed by atoms with Gasteiger partial charge in [-0.15, -0.1) is 0 Å². The van der Waals surface area contributed by atoms with Gasteiger partial charge < -0.3 is 29.0 Å². The Kier molecular flexibility index (Phi) is 11.5. The quantitative estimate of drug-likeness (QED) is 0.156. The summed E-state index contributed by atoms with van der Waals surface area (Å²) in [5.41, 5.74) is 4.37. The second-order valence-corrected chi connectivity index (χ2v) is 11.1. The minimum absolute atomic E-state index is 0.0362. The molecule has 0 spiro atoms. The van der Waals surface area contributed by atoms with Gasteiger partial charge in [-0.2, -0.15) is 0 Å². The van der Waals surface area contributed by atoms with Crippen LogP contribution in [0.25, 0.3) is 10.9 Å². The molecule has 3 aromatic carbocycles. The summed E-state index contributed by atoms with van der Waals surface area (Å²) in [5.74, 6) is 2.07. The SMILES string of the molecule is CCN(CC)CCC[C@@H](C)NC(=O)C[C@@H](c1cc(OC)cc(OC)c1)c1cn(Cc2ccc(OC)cc2)c2ccccc12. The Morgan fingerprint density at radius 1 is 0.884 bits per heavy atom. The zero-order chi connectivity index (χ0) is 30.8. The number of aromatic nitrogens is 1. The molecule has 1 heterocycles. The molecule has 4 aromatic rings. The molecule has 0 saturated heterocycles. The fourth-order valence-corrected chi connectivity index (χ4v) is 5.80. The van der Waals surface area contributed by atoms with Crippen LogP contribution in [-0.2, 0) is 11.3 Å². The van der Waals surface area contributed by atoms with Gasteiger partial charge in [-0.3, -0.25) is 4.79 Å². The first-order chi connectivity index (χ1) is 20.9. The Hall–Kier alpha value is -3.97. The molecule has 0 bridgehead atoms. The number of nitrogens with one attached hydrogen (secondary N) is 1. The number of amides is 1. The highest BCUT2D eigenvalue weighted by Crippen LogP contribution is 2.38. The summed E-state index contributed by atoms with van der Waals surface area (Å²) in [7, 11) is 4.99. The number of carbonyl (C=O) groups excluding carboxylic acids is 1. The van der Waals surface area contributed by atoms with E-state index < -0.39 is 0 Å². The van der Waals surface area contributed by atoms with E-state index in [9.17, 15) is 4.79 Å². The molecule has 0 aliphatic heterocycles. The van der Waals surface area contributed by atoms with E-state index in [0.29, 0.717) is 24.5 Å². The van der Waals surface area contributed by atoms with Crippen LogP contribution >= 0.6 is 0 Å². The number of fused-ring (bicyclic) bond motifs is 1. The molecule has 0 fully saturated rings. The van der Waals surface area contributed by atoms with Crippen molar-refractivity contribution in [3.8, 4) is 17.2 Å². The summed E-state index contributed by atoms with van der Waals surface area (Å²) < 4.78 is 18.9. The van der Waals surface area contributed by atoms with Crippen molar-refractivity contribution in [2.45, 2.75) is 58.5 Å². The number of ether oxygens (including phenoxy) is 3. The number of hydrogen-bond donors (Lipinski definition) is 1. The van der Waals surface area contributed by atoms with Gasteiger partial charge in [-0.05, 0) is 86.4 Å². The largest absolute Gasteiger partial charge is 0.497 e. The minimum Gasteiger partial charge on any atom is -0.497 e. The number of hydrogen-bond acceptors (Lipinski definition) is 5. The predicted molar refractivity (Wildman–Crippen MR) is 175 cm³/mol. The molecule has 4 rings (SSSR count). The molecule has 0 aliphatic rings. The predicted octanol–water partition coefficient (Wildman–Crippen LogP) is 6.86. The van der Waals surface area contributed by atoms with E-state index in [0.717, 1.165) is 60.3 Å². The summed E-state index contributed by atoms with van der Waals surface area (Å²) in [6.45, 7) is 10.3. The van der Waals surface area contributed by atoms with Crippen molar-refractivity contribution in [3.63, 3.8) is 0 Å². The van der Waals surface area contributed by atoms with E-state index in [2.05, 4.69) is 78.2 Å². The van der Waals surface area contributed by atoms with E-state index in [1.807, 2.05) is 30.3 Å². The lowest BCUT2D eigenvalue weighted by Crippen LogP contribution is -2.34. The van der Waals surface area contributed by atoms with Crippen LogP contribution in [0.15, 0.2) is 72.9 Å². The molecule has 0 unspecified atom stereocenters. The van der Waals surface area contributed by atoms with Gasteiger partial charge in [-0.1, -0.05) is 44.2 Å². The highest BCUT2D eigenvalue weighted by molar-refractivity contribution is 5.87. The van der Waals surface area contributed by atoms with Crippen molar-refractivity contribution >= 4 is 16.8 Å². The molecule has 230 valence electrons. The van der Waals surface area contributed by atoms with Crippen LogP contribution in [0.1, 0.15) is 62.6 Å². The molecular formula is C36H47N3O4. The third-order valence-electron chi connectivity index (χ3n) is 8.29. The van der Waals surface area contributed by atoms with Gasteiger partial charge >= 0.3 is 0 Å². The topological polar surface area (TPSA) is 65.0 Å². The molecule has 0 radical (unpaired) electrons. The lowest BCUT2D eigenvalue weighted by Gasteiger charge is -2.22. The van der Waals surface area contributed by atoms with E-state index in [1.54, 1.807) is 21.3 Å². The molecule has 0 saturated carbocycles. The van der Waals surface area contributed by atoms with E-state index in [-0.39, 0.29) is 17.9 Å². The summed E-state index contributed by atoms with van der Waals surface area (Å²) >= 11 is 0. The van der Waals surface area contributed by atoms with Crippen LogP contribution in [-0.4, -0.2) is 62.4 Å². The third kappa shape index (κ3) is 8.32. The summed E-state index contributed by atoms with van der Waals surface area (Å²) in [5, 5.41) is 4.41. The lowest BCUT2D eigenvalue weighted by molar-refractivity contribution is -0.121. The van der Waals surface area contributed by atoms with Crippen LogP contribution in [0, 0.1) is 0 Å². The van der Waals surface area contributed by atoms with Crippen LogP contribution in [0.4, 0.5) is 0 Å². The number of carbonyl (C=O) groups is 1. The maximum atomic E-state index is 13.6. The van der Waals surface area contributed by atoms with Gasteiger partial charge in [0.2, 0.25) is 5.91 Å². The Balaban J connectivity index is 1.66. The first kappa shape index (κ1) is 32.0. The first-order valence-electron chi connectivity index (χ1n) is 15.3. The van der Waals surface area contributed by atoms with Crippen molar-refractivity contribution in [3.05, 3.63) is 89.6 Å². The average molecular weight is 586 g/mol. The lowest BCUT2D eigenvalue weighted by atomic mass is 9.87. The van der Waals surface area contributed by atoms with Crippen LogP contribution < -0.4 is 19.5 Å². The number of nitrogens with zero attached hydrogens (tertiary/aromatic N) is 2. The molecule has 1 aromatic heterocycles. The van der Waals surface area contributed by atoms with E-state index in [1.165, 1.54) is 5.56 Å². The van der Waals surface area contributed by atoms with Crippen LogP contribution in [0.3, 0.4) is 0 Å². The number of para-hydroxylation sites is 1. The van der Waals surface area contributed by atoms with E-state index >= 15 is 0 Å². The van der Waals surface area contributed by atoms with Gasteiger partial charge in [0.1, 0.15) is 17.2 Å². The Bertz CT molecular complexity index is 1440. The molecule has 2 atom stereocenters. The minimum atomic E-state index is -0.200. The molecule has 0 aliphatic carbocycles. The Morgan fingerprint density at radius 2 is 1.53 bits per heavy atom. The molecule has 7 heteroatoms. The van der Waals surface area contributed by atoms with E-state index in [4.69, 9.17) is 14.2 Å². The number of rotatable bonds is 16. The molecular weight excluding hydrogens is 538 g/mol. The Labute approximate surface area is 256 Å². The highest BCUT2D eigenvalue weighted by atomic mass is 16.5. The molecule has 1 N–H and O–H groups in total. The van der Waals surface area contributed by atoms with Crippen molar-refractivity contribution in [2.24, 2.45) is 0 Å². The van der Waals surface area contributed by atoms with Crippen LogP contribution in [0.2, 0.25) is 0 Å². The number of benzene rings is 3. The fourth-order valence-electron chi connectivity index (χ4n) is 5.80. The maximum absolute atomic E-state index is 13.6. The van der Waals surface area contributed by atoms with Crippen molar-refractivity contribution in [1.82, 2.24) is 14.8 Å². The summed E-state index contributed by atoms with van der Waals surface area (Å²) in [6, 6.07) is 22.6. The molecule has 1 amide bonds. The normalized spacial score (nSPS) is 12.7. The number of methoxy groups -OCH3 is 3. The summed E-state index contributed by atoms with van der Waals surface area (Å²) in [6.07, 6.45) is 4.51. The standard InChI is InChI=1S/C36H47N3O4/c1-7-38(8-2)19-11-12-26(3)37-36(40)23-33(28-20-30(42-5)22-31(21-28)43-6)34-25-39(35-14-10-9-13-32(34)35)24-27-15-17-29(41-4)18-16-27/h9-10,13-18,20-22,25-26,33H,7-8,11-12,19,23-24H2,1-6H3,(H,37,40)/t26-,33+/m1/s1. The molecule has 7 nitrogen and oxygen atoms in total. The zero-order valence-electron chi connectivity index (χ0n) is 26.6. The van der Waals surface area contributed by atoms with Gasteiger partial charge in [0.15, 0.2) is 0 Å². The Morgan fingerprint density at radius 3 is 2.16 bits per heavy atom. The monoisotopic (exact) mass is 585 g/mol. The van der Waals surface area contributed by atoms with Crippen LogP contribution in [0.5, 0.6) is 17.2 Å². The highest BCUT2D eigenvalue weighted by Gasteiger charge is 2.25. The fraction of sp³-hybridized carbons (Fsp3) is 0.417. The van der Waals surface area contributed by atoms with Crippen molar-refractivity contribution < 1.29 is 19.0 Å². The van der Waals surface area contributed by atoms with Gasteiger partial charge in [-0.25, -0.2) is 0 Å². The zero-order valence-corrected chi connectivity index (χ0v) is 26.6. The van der Waals surface area contributed by atoms with Crippen molar-refractivity contribution in [1.29, 1.82) is 0 Å². The average Bonchev–Trinajstić information content (AvgIpc) is 3.39. The second kappa shape index (κ2) is 15.5. The first-order valence-corrected chi connectivity index (χ1v) is 15.3. The summed E-state index contributed by atoms with van der Waals surface area (Å²) in [4.78, 5) is 16.0. The second-order valence-electron chi connectivity index (χ2n) is 11.1. The van der Waals surface area contributed by atoms with Crippen molar-refractivity contribution in [2.75, 3.05) is 41.0 Å². The molecule has 43 heavy (non-hydrogen) atoms. The third-order valence-corrected chi connectivity index (χ3v) is 8.29. The maximum Gasteiger partial charge on any atom is 0.221 e. The van der Waals surface area contributed by atoms with Gasteiger partial charge in [0.05, 0.1) is 21.3 Å². The van der Waals surface area contributed by atoms with Gasteiger partial charge in [0.25, 0.3) is 0 Å². The van der Waals surface area contributed by atoms with Gasteiger partial charge in [0, 0.05) is 48.1 Å².